The normalized spacial score (nSPS) is 11.4. The standard InChI is InChI=1S/C11H15N3O2/c15-7-9(8-16)12-5-10-6-13-11-3-1-2-4-14(10)11/h1-4,6,9,12,15-16H,5,7-8H2. The molecule has 2 aromatic rings. The van der Waals surface area contributed by atoms with Gasteiger partial charge in [0.05, 0.1) is 31.1 Å². The SMILES string of the molecule is OCC(CO)NCc1cnc2ccccn12. The van der Waals surface area contributed by atoms with Gasteiger partial charge in [-0.25, -0.2) is 4.98 Å². The third-order valence-corrected chi connectivity index (χ3v) is 2.51. The fraction of sp³-hybridized carbons (Fsp3) is 0.364. The van der Waals surface area contributed by atoms with Crippen molar-refractivity contribution in [3.8, 4) is 0 Å². The Morgan fingerprint density at radius 2 is 2.12 bits per heavy atom. The number of hydrogen-bond donors (Lipinski definition) is 3. The monoisotopic (exact) mass is 221 g/mol. The number of hydrogen-bond acceptors (Lipinski definition) is 4. The van der Waals surface area contributed by atoms with Gasteiger partial charge in [0.1, 0.15) is 5.65 Å². The van der Waals surface area contributed by atoms with E-state index >= 15 is 0 Å². The smallest absolute Gasteiger partial charge is 0.136 e. The van der Waals surface area contributed by atoms with Gasteiger partial charge in [-0.1, -0.05) is 6.07 Å². The molecular formula is C11H15N3O2. The summed E-state index contributed by atoms with van der Waals surface area (Å²) < 4.78 is 1.97. The molecule has 5 heteroatoms. The maximum absolute atomic E-state index is 8.92. The fourth-order valence-corrected chi connectivity index (χ4v) is 1.55. The molecule has 0 aliphatic carbocycles. The lowest BCUT2D eigenvalue weighted by molar-refractivity contribution is 0.170. The van der Waals surface area contributed by atoms with Crippen LogP contribution in [0.3, 0.4) is 0 Å². The lowest BCUT2D eigenvalue weighted by Gasteiger charge is -2.12. The van der Waals surface area contributed by atoms with Crippen LogP contribution < -0.4 is 5.32 Å². The van der Waals surface area contributed by atoms with Crippen LogP contribution in [0.15, 0.2) is 30.6 Å². The van der Waals surface area contributed by atoms with E-state index in [1.807, 2.05) is 28.8 Å². The summed E-state index contributed by atoms with van der Waals surface area (Å²) in [4.78, 5) is 4.25. The highest BCUT2D eigenvalue weighted by atomic mass is 16.3. The Morgan fingerprint density at radius 3 is 2.88 bits per heavy atom. The van der Waals surface area contributed by atoms with Crippen molar-refractivity contribution in [3.05, 3.63) is 36.3 Å². The third kappa shape index (κ3) is 2.21. The van der Waals surface area contributed by atoms with Gasteiger partial charge in [0.2, 0.25) is 0 Å². The topological polar surface area (TPSA) is 69.8 Å². The molecule has 2 heterocycles. The van der Waals surface area contributed by atoms with E-state index in [1.54, 1.807) is 6.20 Å². The molecule has 0 spiro atoms. The highest BCUT2D eigenvalue weighted by Gasteiger charge is 2.07. The van der Waals surface area contributed by atoms with E-state index in [4.69, 9.17) is 10.2 Å². The largest absolute Gasteiger partial charge is 0.395 e. The molecule has 3 N–H and O–H groups in total. The molecule has 0 amide bonds. The van der Waals surface area contributed by atoms with Gasteiger partial charge in [-0.15, -0.1) is 0 Å². The first kappa shape index (κ1) is 11.1. The Hall–Kier alpha value is -1.43. The second-order valence-electron chi connectivity index (χ2n) is 3.62. The van der Waals surface area contributed by atoms with Crippen molar-refractivity contribution < 1.29 is 10.2 Å². The molecule has 0 radical (unpaired) electrons. The van der Waals surface area contributed by atoms with Crippen LogP contribution in [0.1, 0.15) is 5.69 Å². The second-order valence-corrected chi connectivity index (χ2v) is 3.62. The lowest BCUT2D eigenvalue weighted by Crippen LogP contribution is -2.35. The first-order chi connectivity index (χ1) is 7.85. The van der Waals surface area contributed by atoms with Crippen molar-refractivity contribution in [2.75, 3.05) is 13.2 Å². The van der Waals surface area contributed by atoms with Gasteiger partial charge in [0.15, 0.2) is 0 Å². The molecule has 0 aliphatic heterocycles. The Kier molecular flexibility index (Phi) is 3.51. The van der Waals surface area contributed by atoms with Gasteiger partial charge in [-0.3, -0.25) is 0 Å². The van der Waals surface area contributed by atoms with E-state index in [0.717, 1.165) is 11.3 Å². The number of rotatable bonds is 5. The molecule has 2 rings (SSSR count). The zero-order chi connectivity index (χ0) is 11.4. The minimum absolute atomic E-state index is 0.0762. The summed E-state index contributed by atoms with van der Waals surface area (Å²) in [5, 5.41) is 20.9. The Morgan fingerprint density at radius 1 is 1.31 bits per heavy atom. The van der Waals surface area contributed by atoms with E-state index in [2.05, 4.69) is 10.3 Å². The predicted octanol–water partition coefficient (Wildman–Crippen LogP) is -0.223. The Bertz CT molecular complexity index is 451. The number of imidazole rings is 1. The number of aromatic nitrogens is 2. The van der Waals surface area contributed by atoms with E-state index in [-0.39, 0.29) is 19.3 Å². The van der Waals surface area contributed by atoms with Crippen LogP contribution in [0.4, 0.5) is 0 Å². The maximum Gasteiger partial charge on any atom is 0.136 e. The summed E-state index contributed by atoms with van der Waals surface area (Å²) in [5.74, 6) is 0. The number of fused-ring (bicyclic) bond motifs is 1. The summed E-state index contributed by atoms with van der Waals surface area (Å²) in [6.45, 7) is 0.414. The minimum Gasteiger partial charge on any atom is -0.395 e. The van der Waals surface area contributed by atoms with Crippen molar-refractivity contribution >= 4 is 5.65 Å². The lowest BCUT2D eigenvalue weighted by atomic mass is 10.3. The molecule has 5 nitrogen and oxygen atoms in total. The third-order valence-electron chi connectivity index (χ3n) is 2.51. The van der Waals surface area contributed by atoms with Gasteiger partial charge in [0, 0.05) is 12.7 Å². The van der Waals surface area contributed by atoms with E-state index < -0.39 is 0 Å². The van der Waals surface area contributed by atoms with Gasteiger partial charge in [0.25, 0.3) is 0 Å². The van der Waals surface area contributed by atoms with Crippen LogP contribution in [-0.4, -0.2) is 38.9 Å². The van der Waals surface area contributed by atoms with Crippen LogP contribution in [0.25, 0.3) is 5.65 Å². The molecule has 0 aliphatic rings. The maximum atomic E-state index is 8.92. The number of aliphatic hydroxyl groups excluding tert-OH is 2. The zero-order valence-corrected chi connectivity index (χ0v) is 8.87. The van der Waals surface area contributed by atoms with Gasteiger partial charge in [-0.05, 0) is 12.1 Å². The molecular weight excluding hydrogens is 206 g/mol. The van der Waals surface area contributed by atoms with Gasteiger partial charge < -0.3 is 19.9 Å². The number of nitrogens with zero attached hydrogens (tertiary/aromatic N) is 2. The summed E-state index contributed by atoms with van der Waals surface area (Å²) in [5.41, 5.74) is 1.89. The molecule has 0 unspecified atom stereocenters. The molecule has 86 valence electrons. The average Bonchev–Trinajstić information content (AvgIpc) is 2.74. The number of aliphatic hydroxyl groups is 2. The fourth-order valence-electron chi connectivity index (χ4n) is 1.55. The number of pyridine rings is 1. The summed E-state index contributed by atoms with van der Waals surface area (Å²) in [6.07, 6.45) is 3.72. The molecule has 0 bridgehead atoms. The number of nitrogens with one attached hydrogen (secondary N) is 1. The van der Waals surface area contributed by atoms with Crippen molar-refractivity contribution in [1.82, 2.24) is 14.7 Å². The second kappa shape index (κ2) is 5.07. The highest BCUT2D eigenvalue weighted by molar-refractivity contribution is 5.39. The van der Waals surface area contributed by atoms with E-state index in [0.29, 0.717) is 6.54 Å². The first-order valence-corrected chi connectivity index (χ1v) is 5.21. The highest BCUT2D eigenvalue weighted by Crippen LogP contribution is 2.05. The summed E-state index contributed by atoms with van der Waals surface area (Å²) in [6, 6.07) is 5.52. The Balaban J connectivity index is 2.09. The first-order valence-electron chi connectivity index (χ1n) is 5.21. The van der Waals surface area contributed by atoms with Crippen LogP contribution in [0, 0.1) is 0 Å². The summed E-state index contributed by atoms with van der Waals surface area (Å²) in [7, 11) is 0. The predicted molar refractivity (Wildman–Crippen MR) is 60.0 cm³/mol. The van der Waals surface area contributed by atoms with Crippen molar-refractivity contribution in [1.29, 1.82) is 0 Å². The zero-order valence-electron chi connectivity index (χ0n) is 8.87. The van der Waals surface area contributed by atoms with Gasteiger partial charge in [-0.2, -0.15) is 0 Å². The quantitative estimate of drug-likeness (QED) is 0.652. The van der Waals surface area contributed by atoms with Gasteiger partial charge >= 0.3 is 0 Å². The minimum atomic E-state index is -0.283. The van der Waals surface area contributed by atoms with Crippen LogP contribution in [0.5, 0.6) is 0 Å². The van der Waals surface area contributed by atoms with E-state index in [1.165, 1.54) is 0 Å². The molecule has 0 aromatic carbocycles. The van der Waals surface area contributed by atoms with Crippen molar-refractivity contribution in [2.45, 2.75) is 12.6 Å². The van der Waals surface area contributed by atoms with Crippen molar-refractivity contribution in [2.24, 2.45) is 0 Å². The molecule has 0 atom stereocenters. The van der Waals surface area contributed by atoms with Crippen molar-refractivity contribution in [3.63, 3.8) is 0 Å². The average molecular weight is 221 g/mol. The summed E-state index contributed by atoms with van der Waals surface area (Å²) >= 11 is 0. The van der Waals surface area contributed by atoms with Crippen LogP contribution in [0.2, 0.25) is 0 Å². The molecule has 2 aromatic heterocycles. The van der Waals surface area contributed by atoms with Crippen LogP contribution in [-0.2, 0) is 6.54 Å². The van der Waals surface area contributed by atoms with Crippen LogP contribution >= 0.6 is 0 Å². The molecule has 0 fully saturated rings. The molecule has 0 saturated heterocycles. The molecule has 0 saturated carbocycles. The Labute approximate surface area is 93.4 Å². The molecule has 16 heavy (non-hydrogen) atoms. The van der Waals surface area contributed by atoms with E-state index in [9.17, 15) is 0 Å².